The van der Waals surface area contributed by atoms with Gasteiger partial charge in [0.05, 0.1) is 18.4 Å². The number of ether oxygens (including phenoxy) is 1. The zero-order valence-electron chi connectivity index (χ0n) is 11.4. The first kappa shape index (κ1) is 14.7. The first-order chi connectivity index (χ1) is 9.95. The fraction of sp³-hybridized carbons (Fsp3) is 0.143. The van der Waals surface area contributed by atoms with Gasteiger partial charge in [-0.1, -0.05) is 6.07 Å². The summed E-state index contributed by atoms with van der Waals surface area (Å²) in [5, 5.41) is 2.48. The topological polar surface area (TPSA) is 77.2 Å². The molecule has 110 valence electrons. The number of nitrogen functional groups attached to an aromatic ring is 1. The van der Waals surface area contributed by atoms with E-state index in [1.807, 2.05) is 0 Å². The molecule has 0 aliphatic heterocycles. The number of hydrogen-bond donors (Lipinski definition) is 2. The number of carbonyl (C=O) groups is 1. The predicted molar refractivity (Wildman–Crippen MR) is 74.4 cm³/mol. The normalized spacial score (nSPS) is 10.3. The molecular formula is C14H13F2N3O2. The molecule has 0 aliphatic rings. The first-order valence-corrected chi connectivity index (χ1v) is 6.00. The summed E-state index contributed by atoms with van der Waals surface area (Å²) in [6.07, 6.45) is 1.29. The van der Waals surface area contributed by atoms with Gasteiger partial charge in [-0.2, -0.15) is 0 Å². The van der Waals surface area contributed by atoms with Gasteiger partial charge in [0, 0.05) is 6.20 Å². The van der Waals surface area contributed by atoms with Gasteiger partial charge in [0.25, 0.3) is 0 Å². The van der Waals surface area contributed by atoms with Crippen LogP contribution in [0.5, 0.6) is 0 Å². The maximum absolute atomic E-state index is 13.9. The van der Waals surface area contributed by atoms with Crippen molar-refractivity contribution >= 4 is 23.2 Å². The highest BCUT2D eigenvalue weighted by Gasteiger charge is 2.17. The Morgan fingerprint density at radius 3 is 2.71 bits per heavy atom. The molecule has 0 saturated carbocycles. The minimum absolute atomic E-state index is 0.0266. The molecule has 0 unspecified atom stereocenters. The quantitative estimate of drug-likeness (QED) is 0.851. The third-order valence-corrected chi connectivity index (χ3v) is 2.92. The summed E-state index contributed by atoms with van der Waals surface area (Å²) in [6, 6.07) is 3.80. The van der Waals surface area contributed by atoms with Crippen molar-refractivity contribution in [2.45, 2.75) is 6.92 Å². The third-order valence-electron chi connectivity index (χ3n) is 2.92. The zero-order chi connectivity index (χ0) is 15.6. The summed E-state index contributed by atoms with van der Waals surface area (Å²) in [5.74, 6) is -2.23. The number of carbonyl (C=O) groups excluding carboxylic acids is 1. The summed E-state index contributed by atoms with van der Waals surface area (Å²) in [4.78, 5) is 15.4. The highest BCUT2D eigenvalue weighted by atomic mass is 19.1. The number of pyridine rings is 1. The number of nitrogens with one attached hydrogen (secondary N) is 1. The van der Waals surface area contributed by atoms with Gasteiger partial charge in [0.15, 0.2) is 11.6 Å². The Labute approximate surface area is 119 Å². The lowest BCUT2D eigenvalue weighted by Crippen LogP contribution is -2.10. The summed E-state index contributed by atoms with van der Waals surface area (Å²) >= 11 is 0. The monoisotopic (exact) mass is 293 g/mol. The number of aryl methyl sites for hydroxylation is 1. The number of benzene rings is 1. The highest BCUT2D eigenvalue weighted by molar-refractivity contribution is 5.97. The molecule has 5 nitrogen and oxygen atoms in total. The van der Waals surface area contributed by atoms with Crippen LogP contribution in [0.25, 0.3) is 0 Å². The molecule has 0 radical (unpaired) electrons. The maximum Gasteiger partial charge on any atom is 0.340 e. The van der Waals surface area contributed by atoms with Crippen LogP contribution in [0, 0.1) is 18.6 Å². The SMILES string of the molecule is COC(=O)c1ccnc(Nc2c(F)ccc(C)c2F)c1N. The number of rotatable bonds is 3. The molecule has 3 N–H and O–H groups in total. The number of methoxy groups -OCH3 is 1. The third kappa shape index (κ3) is 2.76. The fourth-order valence-electron chi connectivity index (χ4n) is 1.75. The van der Waals surface area contributed by atoms with E-state index in [1.165, 1.54) is 32.4 Å². The molecule has 0 bridgehead atoms. The van der Waals surface area contributed by atoms with Crippen molar-refractivity contribution in [1.29, 1.82) is 0 Å². The van der Waals surface area contributed by atoms with Crippen LogP contribution in [0.2, 0.25) is 0 Å². The first-order valence-electron chi connectivity index (χ1n) is 6.00. The van der Waals surface area contributed by atoms with E-state index in [2.05, 4.69) is 15.0 Å². The molecule has 21 heavy (non-hydrogen) atoms. The molecule has 0 fully saturated rings. The second kappa shape index (κ2) is 5.74. The van der Waals surface area contributed by atoms with E-state index in [1.54, 1.807) is 0 Å². The summed E-state index contributed by atoms with van der Waals surface area (Å²) in [6.45, 7) is 1.50. The molecule has 2 aromatic rings. The molecule has 7 heteroatoms. The van der Waals surface area contributed by atoms with Crippen LogP contribution in [0.1, 0.15) is 15.9 Å². The van der Waals surface area contributed by atoms with E-state index in [0.29, 0.717) is 0 Å². The van der Waals surface area contributed by atoms with Crippen LogP contribution in [-0.2, 0) is 4.74 Å². The predicted octanol–water partition coefficient (Wildman–Crippen LogP) is 2.78. The van der Waals surface area contributed by atoms with Crippen molar-refractivity contribution in [1.82, 2.24) is 4.98 Å². The van der Waals surface area contributed by atoms with Crippen LogP contribution in [0.3, 0.4) is 0 Å². The molecule has 0 spiro atoms. The van der Waals surface area contributed by atoms with Gasteiger partial charge in [-0.05, 0) is 24.6 Å². The average molecular weight is 293 g/mol. The summed E-state index contributed by atoms with van der Waals surface area (Å²) < 4.78 is 32.2. The number of nitrogens with two attached hydrogens (primary N) is 1. The Morgan fingerprint density at radius 2 is 2.05 bits per heavy atom. The van der Waals surface area contributed by atoms with Crippen LogP contribution in [0.4, 0.5) is 26.0 Å². The molecule has 0 aliphatic carbocycles. The Hall–Kier alpha value is -2.70. The molecule has 0 amide bonds. The van der Waals surface area contributed by atoms with Crippen LogP contribution in [0.15, 0.2) is 24.4 Å². The van der Waals surface area contributed by atoms with Gasteiger partial charge in [-0.15, -0.1) is 0 Å². The lowest BCUT2D eigenvalue weighted by molar-refractivity contribution is 0.0602. The molecule has 1 heterocycles. The van der Waals surface area contributed by atoms with Crippen LogP contribution in [-0.4, -0.2) is 18.1 Å². The lowest BCUT2D eigenvalue weighted by atomic mass is 10.2. The van der Waals surface area contributed by atoms with Gasteiger partial charge in [0.2, 0.25) is 0 Å². The fourth-order valence-corrected chi connectivity index (χ4v) is 1.75. The van der Waals surface area contributed by atoms with Crippen LogP contribution >= 0.6 is 0 Å². The second-order valence-corrected chi connectivity index (χ2v) is 4.29. The Morgan fingerprint density at radius 1 is 1.33 bits per heavy atom. The van der Waals surface area contributed by atoms with E-state index < -0.39 is 17.6 Å². The largest absolute Gasteiger partial charge is 0.465 e. The number of esters is 1. The van der Waals surface area contributed by atoms with E-state index in [9.17, 15) is 13.6 Å². The van der Waals surface area contributed by atoms with Crippen molar-refractivity contribution in [2.75, 3.05) is 18.2 Å². The highest BCUT2D eigenvalue weighted by Crippen LogP contribution is 2.28. The number of aromatic nitrogens is 1. The Kier molecular flexibility index (Phi) is 4.02. The lowest BCUT2D eigenvalue weighted by Gasteiger charge is -2.13. The molecule has 1 aromatic carbocycles. The number of hydrogen-bond acceptors (Lipinski definition) is 5. The van der Waals surface area contributed by atoms with Gasteiger partial charge in [-0.3, -0.25) is 0 Å². The Balaban J connectivity index is 2.46. The second-order valence-electron chi connectivity index (χ2n) is 4.29. The van der Waals surface area contributed by atoms with E-state index >= 15 is 0 Å². The van der Waals surface area contributed by atoms with E-state index in [4.69, 9.17) is 5.73 Å². The van der Waals surface area contributed by atoms with Gasteiger partial charge in [-0.25, -0.2) is 18.6 Å². The smallest absolute Gasteiger partial charge is 0.340 e. The number of nitrogens with zero attached hydrogens (tertiary/aromatic N) is 1. The van der Waals surface area contributed by atoms with Gasteiger partial charge in [0.1, 0.15) is 11.5 Å². The van der Waals surface area contributed by atoms with Gasteiger partial charge >= 0.3 is 5.97 Å². The molecule has 2 rings (SSSR count). The van der Waals surface area contributed by atoms with Crippen LogP contribution < -0.4 is 11.1 Å². The zero-order valence-corrected chi connectivity index (χ0v) is 11.4. The van der Waals surface area contributed by atoms with Crippen molar-refractivity contribution in [3.05, 3.63) is 47.2 Å². The maximum atomic E-state index is 13.9. The van der Waals surface area contributed by atoms with Crippen molar-refractivity contribution in [3.8, 4) is 0 Å². The molecule has 0 atom stereocenters. The minimum Gasteiger partial charge on any atom is -0.465 e. The number of halogens is 2. The average Bonchev–Trinajstić information content (AvgIpc) is 2.48. The Bertz CT molecular complexity index is 705. The van der Waals surface area contributed by atoms with Crippen molar-refractivity contribution in [2.24, 2.45) is 0 Å². The van der Waals surface area contributed by atoms with E-state index in [-0.39, 0.29) is 28.3 Å². The molecule has 0 saturated heterocycles. The summed E-state index contributed by atoms with van der Waals surface area (Å²) in [7, 11) is 1.20. The minimum atomic E-state index is -0.789. The van der Waals surface area contributed by atoms with Crippen molar-refractivity contribution in [3.63, 3.8) is 0 Å². The van der Waals surface area contributed by atoms with Gasteiger partial charge < -0.3 is 15.8 Å². The summed E-state index contributed by atoms with van der Waals surface area (Å²) in [5.41, 5.74) is 5.67. The number of anilines is 3. The standard InChI is InChI=1S/C14H13F2N3O2/c1-7-3-4-9(15)12(10(7)16)19-13-11(17)8(5-6-18-13)14(20)21-2/h3-6H,17H2,1-2H3,(H,18,19). The van der Waals surface area contributed by atoms with E-state index in [0.717, 1.165) is 6.07 Å². The molecule has 1 aromatic heterocycles. The van der Waals surface area contributed by atoms with Crippen molar-refractivity contribution < 1.29 is 18.3 Å². The molecular weight excluding hydrogens is 280 g/mol.